The Labute approximate surface area is 151 Å². The first-order valence-corrected chi connectivity index (χ1v) is 9.56. The van der Waals surface area contributed by atoms with Gasteiger partial charge in [0, 0.05) is 25.7 Å². The molecule has 1 aromatic carbocycles. The zero-order valence-electron chi connectivity index (χ0n) is 13.3. The summed E-state index contributed by atoms with van der Waals surface area (Å²) in [6.07, 6.45) is 0. The number of ether oxygens (including phenoxy) is 1. The van der Waals surface area contributed by atoms with E-state index >= 15 is 0 Å². The Morgan fingerprint density at radius 3 is 2.62 bits per heavy atom. The van der Waals surface area contributed by atoms with Crippen molar-refractivity contribution in [1.82, 2.24) is 9.62 Å². The van der Waals surface area contributed by atoms with Gasteiger partial charge in [-0.15, -0.1) is 0 Å². The third-order valence-electron chi connectivity index (χ3n) is 3.67. The average molecular weight is 396 g/mol. The largest absolute Gasteiger partial charge is 0.379 e. The summed E-state index contributed by atoms with van der Waals surface area (Å²) in [6, 6.07) is 3.87. The number of carbonyl (C=O) groups excluding carboxylic acids is 1. The summed E-state index contributed by atoms with van der Waals surface area (Å²) < 4.78 is 30.5. The van der Waals surface area contributed by atoms with Crippen LogP contribution >= 0.6 is 23.2 Å². The van der Waals surface area contributed by atoms with E-state index in [1.54, 1.807) is 12.1 Å². The van der Waals surface area contributed by atoms with Crippen LogP contribution in [0.4, 0.5) is 10.5 Å². The molecule has 0 aromatic heterocycles. The van der Waals surface area contributed by atoms with Crippen LogP contribution < -0.4 is 10.6 Å². The summed E-state index contributed by atoms with van der Waals surface area (Å²) in [5.74, 6) is -0.394. The number of nitrogens with zero attached hydrogens (tertiary/aromatic N) is 1. The van der Waals surface area contributed by atoms with Crippen LogP contribution in [-0.4, -0.2) is 57.9 Å². The second-order valence-electron chi connectivity index (χ2n) is 5.69. The van der Waals surface area contributed by atoms with Crippen LogP contribution in [0.3, 0.4) is 0 Å². The van der Waals surface area contributed by atoms with Crippen molar-refractivity contribution in [3.05, 3.63) is 28.2 Å². The van der Waals surface area contributed by atoms with E-state index in [-0.39, 0.29) is 30.9 Å². The minimum absolute atomic E-state index is 0.0856. The molecule has 24 heavy (non-hydrogen) atoms. The highest BCUT2D eigenvalue weighted by atomic mass is 35.5. The summed E-state index contributed by atoms with van der Waals surface area (Å²) in [7, 11) is -0.417. The fraction of sp³-hybridized carbons (Fsp3) is 0.500. The summed E-state index contributed by atoms with van der Waals surface area (Å²) >= 11 is 11.7. The Morgan fingerprint density at radius 1 is 1.29 bits per heavy atom. The molecule has 1 heterocycles. The number of nitrogens with one attached hydrogen (secondary N) is 2. The highest BCUT2D eigenvalue weighted by Gasteiger charge is 2.34. The molecule has 134 valence electrons. The quantitative estimate of drug-likeness (QED) is 0.797. The second-order valence-corrected chi connectivity index (χ2v) is 8.73. The molecular formula is C14H19Cl2N3O4S. The average Bonchev–Trinajstić information content (AvgIpc) is 2.89. The van der Waals surface area contributed by atoms with Crippen molar-refractivity contribution >= 4 is 44.9 Å². The van der Waals surface area contributed by atoms with Crippen molar-refractivity contribution in [3.8, 4) is 0 Å². The van der Waals surface area contributed by atoms with Gasteiger partial charge >= 0.3 is 6.03 Å². The molecule has 0 spiro atoms. The first-order valence-electron chi connectivity index (χ1n) is 7.19. The Kier molecular flexibility index (Phi) is 6.33. The number of urea groups is 1. The first kappa shape index (κ1) is 19.3. The van der Waals surface area contributed by atoms with Crippen LogP contribution in [0.2, 0.25) is 10.0 Å². The zero-order chi connectivity index (χ0) is 17.9. The highest BCUT2D eigenvalue weighted by Crippen LogP contribution is 2.25. The van der Waals surface area contributed by atoms with Crippen LogP contribution in [0.1, 0.15) is 0 Å². The van der Waals surface area contributed by atoms with E-state index in [0.717, 1.165) is 4.31 Å². The lowest BCUT2D eigenvalue weighted by Crippen LogP contribution is -2.45. The number of benzene rings is 1. The molecule has 10 heteroatoms. The fourth-order valence-corrected chi connectivity index (χ4v) is 3.72. The van der Waals surface area contributed by atoms with E-state index in [0.29, 0.717) is 15.7 Å². The number of hydrogen-bond donors (Lipinski definition) is 2. The molecule has 0 bridgehead atoms. The van der Waals surface area contributed by atoms with Crippen LogP contribution in [0, 0.1) is 5.92 Å². The SMILES string of the molecule is CN(C)S(=O)(=O)C[C@@H]1COC[C@H]1NC(=O)Nc1ccc(Cl)c(Cl)c1. The Hall–Kier alpha value is -1.06. The van der Waals surface area contributed by atoms with Gasteiger partial charge in [-0.3, -0.25) is 0 Å². The van der Waals surface area contributed by atoms with E-state index in [1.165, 1.54) is 20.2 Å². The standard InChI is InChI=1S/C14H19Cl2N3O4S/c1-19(2)24(21,22)8-9-6-23-7-13(9)18-14(20)17-10-3-4-11(15)12(16)5-10/h3-5,9,13H,6-8H2,1-2H3,(H2,17,18,20)/t9-,13+/m0/s1. The van der Waals surface area contributed by atoms with Gasteiger partial charge in [-0.05, 0) is 18.2 Å². The maximum absolute atomic E-state index is 12.1. The molecule has 2 amide bonds. The smallest absolute Gasteiger partial charge is 0.319 e. The molecule has 2 N–H and O–H groups in total. The van der Waals surface area contributed by atoms with Gasteiger partial charge in [-0.25, -0.2) is 17.5 Å². The Bertz CT molecular complexity index is 712. The molecular weight excluding hydrogens is 377 g/mol. The Balaban J connectivity index is 1.96. The van der Waals surface area contributed by atoms with Crippen molar-refractivity contribution < 1.29 is 17.9 Å². The van der Waals surface area contributed by atoms with Gasteiger partial charge in [0.15, 0.2) is 0 Å². The number of hydrogen-bond acceptors (Lipinski definition) is 4. The van der Waals surface area contributed by atoms with Gasteiger partial charge in [0.25, 0.3) is 0 Å². The number of anilines is 1. The van der Waals surface area contributed by atoms with E-state index in [4.69, 9.17) is 27.9 Å². The minimum atomic E-state index is -3.37. The molecule has 1 aromatic rings. The monoisotopic (exact) mass is 395 g/mol. The predicted octanol–water partition coefficient (Wildman–Crippen LogP) is 2.02. The number of sulfonamides is 1. The molecule has 2 atom stereocenters. The van der Waals surface area contributed by atoms with Crippen LogP contribution in [-0.2, 0) is 14.8 Å². The maximum Gasteiger partial charge on any atom is 0.319 e. The van der Waals surface area contributed by atoms with Crippen LogP contribution in [0.5, 0.6) is 0 Å². The first-order chi connectivity index (χ1) is 11.2. The summed E-state index contributed by atoms with van der Waals surface area (Å²) in [6.45, 7) is 0.549. The second kappa shape index (κ2) is 7.88. The lowest BCUT2D eigenvalue weighted by atomic mass is 10.1. The third-order valence-corrected chi connectivity index (χ3v) is 6.37. The number of carbonyl (C=O) groups is 1. The molecule has 0 unspecified atom stereocenters. The molecule has 1 aliphatic rings. The Morgan fingerprint density at radius 2 is 2.00 bits per heavy atom. The van der Waals surface area contributed by atoms with Gasteiger partial charge in [0.05, 0.1) is 35.1 Å². The predicted molar refractivity (Wildman–Crippen MR) is 94.2 cm³/mol. The number of rotatable bonds is 5. The summed E-state index contributed by atoms with van der Waals surface area (Å²) in [4.78, 5) is 12.1. The maximum atomic E-state index is 12.1. The summed E-state index contributed by atoms with van der Waals surface area (Å²) in [5.41, 5.74) is 0.485. The minimum Gasteiger partial charge on any atom is -0.379 e. The van der Waals surface area contributed by atoms with Gasteiger partial charge in [0.1, 0.15) is 0 Å². The molecule has 1 saturated heterocycles. The molecule has 1 aliphatic heterocycles. The van der Waals surface area contributed by atoms with Crippen molar-refractivity contribution in [2.75, 3.05) is 38.4 Å². The molecule has 7 nitrogen and oxygen atoms in total. The normalized spacial score (nSPS) is 21.0. The number of amides is 2. The van der Waals surface area contributed by atoms with Gasteiger partial charge in [-0.2, -0.15) is 0 Å². The van der Waals surface area contributed by atoms with E-state index in [1.807, 2.05) is 0 Å². The van der Waals surface area contributed by atoms with Crippen molar-refractivity contribution in [1.29, 1.82) is 0 Å². The van der Waals surface area contributed by atoms with E-state index in [9.17, 15) is 13.2 Å². The summed E-state index contributed by atoms with van der Waals surface area (Å²) in [5, 5.41) is 6.09. The topological polar surface area (TPSA) is 87.7 Å². The van der Waals surface area contributed by atoms with Gasteiger partial charge in [0.2, 0.25) is 10.0 Å². The number of halogens is 2. The van der Waals surface area contributed by atoms with E-state index in [2.05, 4.69) is 10.6 Å². The lowest BCUT2D eigenvalue weighted by molar-refractivity contribution is 0.184. The molecule has 0 radical (unpaired) electrons. The zero-order valence-corrected chi connectivity index (χ0v) is 15.6. The molecule has 0 aliphatic carbocycles. The van der Waals surface area contributed by atoms with Crippen molar-refractivity contribution in [2.45, 2.75) is 6.04 Å². The van der Waals surface area contributed by atoms with Gasteiger partial charge < -0.3 is 15.4 Å². The third kappa shape index (κ3) is 4.97. The molecule has 1 fully saturated rings. The van der Waals surface area contributed by atoms with Crippen molar-refractivity contribution in [2.24, 2.45) is 5.92 Å². The van der Waals surface area contributed by atoms with Gasteiger partial charge in [-0.1, -0.05) is 23.2 Å². The van der Waals surface area contributed by atoms with Crippen molar-refractivity contribution in [3.63, 3.8) is 0 Å². The lowest BCUT2D eigenvalue weighted by Gasteiger charge is -2.21. The fourth-order valence-electron chi connectivity index (χ4n) is 2.25. The molecule has 2 rings (SSSR count). The molecule has 0 saturated carbocycles. The van der Waals surface area contributed by atoms with Crippen LogP contribution in [0.15, 0.2) is 18.2 Å². The highest BCUT2D eigenvalue weighted by molar-refractivity contribution is 7.89. The van der Waals surface area contributed by atoms with Crippen LogP contribution in [0.25, 0.3) is 0 Å². The van der Waals surface area contributed by atoms with E-state index < -0.39 is 16.1 Å².